The molecule has 0 aliphatic heterocycles. The van der Waals surface area contributed by atoms with Crippen LogP contribution in [0.3, 0.4) is 0 Å². The van der Waals surface area contributed by atoms with Gasteiger partial charge >= 0.3 is 6.09 Å². The fraction of sp³-hybridized carbons (Fsp3) is 0.263. The molecule has 1 heterocycles. The van der Waals surface area contributed by atoms with Crippen molar-refractivity contribution in [3.8, 4) is 0 Å². The second-order valence-corrected chi connectivity index (χ2v) is 6.97. The summed E-state index contributed by atoms with van der Waals surface area (Å²) in [5, 5.41) is 5.19. The van der Waals surface area contributed by atoms with Crippen molar-refractivity contribution in [2.75, 3.05) is 11.9 Å². The summed E-state index contributed by atoms with van der Waals surface area (Å²) >= 11 is 1.24. The fourth-order valence-corrected chi connectivity index (χ4v) is 3.40. The van der Waals surface area contributed by atoms with Crippen LogP contribution >= 0.6 is 11.3 Å². The normalized spacial score (nSPS) is 10.2. The van der Waals surface area contributed by atoms with Gasteiger partial charge < -0.3 is 10.1 Å². The molecule has 0 atom stereocenters. The van der Waals surface area contributed by atoms with E-state index < -0.39 is 17.9 Å². The van der Waals surface area contributed by atoms with E-state index in [-0.39, 0.29) is 18.0 Å². The number of ketones is 1. The van der Waals surface area contributed by atoms with Crippen LogP contribution in [0.1, 0.15) is 55.4 Å². The highest BCUT2D eigenvalue weighted by Gasteiger charge is 2.23. The third kappa shape index (κ3) is 4.79. The summed E-state index contributed by atoms with van der Waals surface area (Å²) in [4.78, 5) is 48.6. The van der Waals surface area contributed by atoms with Crippen LogP contribution in [0.2, 0.25) is 0 Å². The number of thiophene rings is 1. The molecule has 2 aromatic rings. The number of nitrogens with one attached hydrogen (secondary N) is 2. The van der Waals surface area contributed by atoms with Gasteiger partial charge in [0, 0.05) is 16.0 Å². The van der Waals surface area contributed by atoms with E-state index in [4.69, 9.17) is 4.74 Å². The van der Waals surface area contributed by atoms with Crippen molar-refractivity contribution in [3.63, 3.8) is 0 Å². The average Bonchev–Trinajstić information content (AvgIpc) is 2.88. The number of hydrogen-bond acceptors (Lipinski definition) is 6. The van der Waals surface area contributed by atoms with E-state index in [0.29, 0.717) is 21.7 Å². The summed E-state index contributed by atoms with van der Waals surface area (Å²) in [5.41, 5.74) is 1.74. The third-order valence-electron chi connectivity index (χ3n) is 3.88. The van der Waals surface area contributed by atoms with Gasteiger partial charge in [0.15, 0.2) is 5.78 Å². The summed E-state index contributed by atoms with van der Waals surface area (Å²) < 4.78 is 4.72. The highest BCUT2D eigenvalue weighted by Crippen LogP contribution is 2.32. The molecule has 8 heteroatoms. The number of alkyl carbamates (subject to hydrolysis) is 1. The quantitative estimate of drug-likeness (QED) is 0.761. The average molecular weight is 388 g/mol. The number of Topliss-reactive ketones (excluding diaryl/α,β-unsaturated/α-hetero) is 1. The number of rotatable bonds is 5. The Morgan fingerprint density at radius 1 is 1.00 bits per heavy atom. The third-order valence-corrected chi connectivity index (χ3v) is 5.01. The summed E-state index contributed by atoms with van der Waals surface area (Å²) in [7, 11) is 0. The number of ether oxygens (including phenoxy) is 1. The minimum Gasteiger partial charge on any atom is -0.450 e. The van der Waals surface area contributed by atoms with E-state index >= 15 is 0 Å². The predicted molar refractivity (Wildman–Crippen MR) is 103 cm³/mol. The molecule has 27 heavy (non-hydrogen) atoms. The summed E-state index contributed by atoms with van der Waals surface area (Å²) in [6, 6.07) is 6.21. The molecular weight excluding hydrogens is 368 g/mol. The van der Waals surface area contributed by atoms with Gasteiger partial charge in [0.05, 0.1) is 12.2 Å². The SMILES string of the molecule is CCOC(=O)NC(=O)c1c(NC(=O)c2ccc(C(C)=O)cc2)sc(C)c1C. The van der Waals surface area contributed by atoms with Crippen molar-refractivity contribution in [2.45, 2.75) is 27.7 Å². The van der Waals surface area contributed by atoms with E-state index in [1.54, 1.807) is 26.0 Å². The largest absolute Gasteiger partial charge is 0.450 e. The van der Waals surface area contributed by atoms with E-state index in [0.717, 1.165) is 4.88 Å². The molecule has 0 aliphatic rings. The molecule has 1 aromatic carbocycles. The number of anilines is 1. The zero-order valence-corrected chi connectivity index (χ0v) is 16.3. The lowest BCUT2D eigenvalue weighted by atomic mass is 10.1. The lowest BCUT2D eigenvalue weighted by Crippen LogP contribution is -2.31. The van der Waals surface area contributed by atoms with Crippen LogP contribution in [-0.2, 0) is 4.74 Å². The first-order valence-corrected chi connectivity index (χ1v) is 9.06. The van der Waals surface area contributed by atoms with Crippen molar-refractivity contribution in [1.82, 2.24) is 5.32 Å². The molecule has 2 N–H and O–H groups in total. The molecule has 2 rings (SSSR count). The number of imide groups is 1. The second kappa shape index (κ2) is 8.59. The van der Waals surface area contributed by atoms with Gasteiger partial charge in [-0.2, -0.15) is 0 Å². The molecule has 1 aromatic heterocycles. The number of hydrogen-bond donors (Lipinski definition) is 2. The van der Waals surface area contributed by atoms with E-state index in [1.165, 1.54) is 30.4 Å². The Balaban J connectivity index is 2.24. The highest BCUT2D eigenvalue weighted by atomic mass is 32.1. The van der Waals surface area contributed by atoms with Gasteiger partial charge in [-0.3, -0.25) is 19.7 Å². The van der Waals surface area contributed by atoms with Gasteiger partial charge in [-0.1, -0.05) is 12.1 Å². The van der Waals surface area contributed by atoms with Gasteiger partial charge in [-0.25, -0.2) is 4.79 Å². The summed E-state index contributed by atoms with van der Waals surface area (Å²) in [6.07, 6.45) is -0.845. The molecule has 142 valence electrons. The van der Waals surface area contributed by atoms with Gasteiger partial charge in [0.2, 0.25) is 0 Å². The maximum atomic E-state index is 12.5. The predicted octanol–water partition coefficient (Wildman–Crippen LogP) is 3.71. The van der Waals surface area contributed by atoms with Crippen LogP contribution in [-0.4, -0.2) is 30.3 Å². The van der Waals surface area contributed by atoms with Crippen LogP contribution in [0.25, 0.3) is 0 Å². The van der Waals surface area contributed by atoms with Gasteiger partial charge in [0.25, 0.3) is 11.8 Å². The maximum Gasteiger partial charge on any atom is 0.414 e. The van der Waals surface area contributed by atoms with E-state index in [9.17, 15) is 19.2 Å². The van der Waals surface area contributed by atoms with Crippen LogP contribution in [0.5, 0.6) is 0 Å². The van der Waals surface area contributed by atoms with Crippen LogP contribution in [0.4, 0.5) is 9.80 Å². The molecule has 0 saturated heterocycles. The number of carbonyl (C=O) groups excluding carboxylic acids is 4. The first kappa shape index (κ1) is 20.3. The van der Waals surface area contributed by atoms with Crippen molar-refractivity contribution >= 4 is 40.0 Å². The number of carbonyl (C=O) groups is 4. The lowest BCUT2D eigenvalue weighted by molar-refractivity contribution is 0.0924. The summed E-state index contributed by atoms with van der Waals surface area (Å²) in [6.45, 7) is 6.77. The molecule has 7 nitrogen and oxygen atoms in total. The van der Waals surface area contributed by atoms with Crippen LogP contribution in [0, 0.1) is 13.8 Å². The minimum absolute atomic E-state index is 0.0932. The number of benzene rings is 1. The Morgan fingerprint density at radius 2 is 1.59 bits per heavy atom. The van der Waals surface area contributed by atoms with Gasteiger partial charge in [-0.05, 0) is 45.4 Å². The van der Waals surface area contributed by atoms with Gasteiger partial charge in [-0.15, -0.1) is 11.3 Å². The van der Waals surface area contributed by atoms with Gasteiger partial charge in [0.1, 0.15) is 5.00 Å². The molecule has 0 spiro atoms. The van der Waals surface area contributed by atoms with Crippen molar-refractivity contribution in [3.05, 3.63) is 51.4 Å². The molecule has 0 unspecified atom stereocenters. The first-order valence-electron chi connectivity index (χ1n) is 8.25. The highest BCUT2D eigenvalue weighted by molar-refractivity contribution is 7.16. The standard InChI is InChI=1S/C19H20N2O5S/c1-5-26-19(25)21-17(24)15-10(2)12(4)27-18(15)20-16(23)14-8-6-13(7-9-14)11(3)22/h6-9H,5H2,1-4H3,(H,20,23)(H,21,24,25). The van der Waals surface area contributed by atoms with Crippen molar-refractivity contribution < 1.29 is 23.9 Å². The minimum atomic E-state index is -0.845. The zero-order valence-electron chi connectivity index (χ0n) is 15.5. The first-order chi connectivity index (χ1) is 12.7. The number of aryl methyl sites for hydroxylation is 1. The molecule has 0 radical (unpaired) electrons. The topological polar surface area (TPSA) is 102 Å². The number of amides is 3. The Hall–Kier alpha value is -3.00. The van der Waals surface area contributed by atoms with E-state index in [1.807, 2.05) is 6.92 Å². The molecule has 0 saturated carbocycles. The van der Waals surface area contributed by atoms with Crippen molar-refractivity contribution in [1.29, 1.82) is 0 Å². The monoisotopic (exact) mass is 388 g/mol. The van der Waals surface area contributed by atoms with Crippen LogP contribution in [0.15, 0.2) is 24.3 Å². The molecule has 3 amide bonds. The fourth-order valence-electron chi connectivity index (χ4n) is 2.34. The molecule has 0 fully saturated rings. The smallest absolute Gasteiger partial charge is 0.414 e. The molecule has 0 bridgehead atoms. The molecule has 0 aliphatic carbocycles. The lowest BCUT2D eigenvalue weighted by Gasteiger charge is -2.08. The van der Waals surface area contributed by atoms with Crippen LogP contribution < -0.4 is 10.6 Å². The second-order valence-electron chi connectivity index (χ2n) is 5.75. The Kier molecular flexibility index (Phi) is 6.46. The zero-order chi connectivity index (χ0) is 20.1. The Bertz CT molecular complexity index is 900. The van der Waals surface area contributed by atoms with E-state index in [2.05, 4.69) is 10.6 Å². The Morgan fingerprint density at radius 3 is 2.15 bits per heavy atom. The summed E-state index contributed by atoms with van der Waals surface area (Å²) in [5.74, 6) is -1.15. The maximum absolute atomic E-state index is 12.5. The molecular formula is C19H20N2O5S. The van der Waals surface area contributed by atoms with Crippen molar-refractivity contribution in [2.24, 2.45) is 0 Å². The Labute approximate surface area is 160 Å².